The van der Waals surface area contributed by atoms with E-state index in [0.717, 1.165) is 6.54 Å². The van der Waals surface area contributed by atoms with Gasteiger partial charge >= 0.3 is 0 Å². The first-order chi connectivity index (χ1) is 6.94. The highest BCUT2D eigenvalue weighted by atomic mass is 14.9. The fourth-order valence-corrected chi connectivity index (χ4v) is 1.40. The highest BCUT2D eigenvalue weighted by Crippen LogP contribution is 2.11. The molecule has 1 rings (SSSR count). The van der Waals surface area contributed by atoms with Gasteiger partial charge in [-0.05, 0) is 38.8 Å². The normalized spacial score (nSPS) is 11.1. The summed E-state index contributed by atoms with van der Waals surface area (Å²) in [5, 5.41) is 12.1. The maximum absolute atomic E-state index is 8.87. The number of nitrogens with zero attached hydrogens (tertiary/aromatic N) is 1. The SMILES string of the molecule is Cc1ccc(CNC(C)(C)C#N)c(C)c1. The van der Waals surface area contributed by atoms with Gasteiger partial charge < -0.3 is 0 Å². The third-order valence-electron chi connectivity index (χ3n) is 2.50. The molecule has 0 spiro atoms. The van der Waals surface area contributed by atoms with E-state index in [-0.39, 0.29) is 0 Å². The van der Waals surface area contributed by atoms with Crippen LogP contribution in [-0.4, -0.2) is 5.54 Å². The Bertz CT molecular complexity index is 386. The first kappa shape index (κ1) is 11.7. The fraction of sp³-hybridized carbons (Fsp3) is 0.462. The van der Waals surface area contributed by atoms with Crippen LogP contribution < -0.4 is 5.32 Å². The van der Waals surface area contributed by atoms with Crippen molar-refractivity contribution < 1.29 is 0 Å². The molecule has 1 aromatic rings. The number of aryl methyl sites for hydroxylation is 2. The van der Waals surface area contributed by atoms with Crippen molar-refractivity contribution in [1.82, 2.24) is 5.32 Å². The molecule has 0 aliphatic carbocycles. The van der Waals surface area contributed by atoms with E-state index in [1.807, 2.05) is 13.8 Å². The maximum atomic E-state index is 8.87. The van der Waals surface area contributed by atoms with Gasteiger partial charge in [-0.1, -0.05) is 23.8 Å². The van der Waals surface area contributed by atoms with Crippen LogP contribution in [0.3, 0.4) is 0 Å². The van der Waals surface area contributed by atoms with Gasteiger partial charge in [0.1, 0.15) is 5.54 Å². The molecule has 0 atom stereocenters. The van der Waals surface area contributed by atoms with Crippen LogP contribution >= 0.6 is 0 Å². The topological polar surface area (TPSA) is 35.8 Å². The van der Waals surface area contributed by atoms with Crippen molar-refractivity contribution in [3.63, 3.8) is 0 Å². The third-order valence-corrected chi connectivity index (χ3v) is 2.50. The van der Waals surface area contributed by atoms with Crippen molar-refractivity contribution in [2.75, 3.05) is 0 Å². The zero-order valence-corrected chi connectivity index (χ0v) is 9.89. The van der Waals surface area contributed by atoms with Gasteiger partial charge in [0.05, 0.1) is 6.07 Å². The predicted octanol–water partition coefficient (Wildman–Crippen LogP) is 2.70. The fourth-order valence-electron chi connectivity index (χ4n) is 1.40. The predicted molar refractivity (Wildman–Crippen MR) is 62.4 cm³/mol. The largest absolute Gasteiger partial charge is 0.296 e. The lowest BCUT2D eigenvalue weighted by molar-refractivity contribution is 0.484. The average molecular weight is 202 g/mol. The monoisotopic (exact) mass is 202 g/mol. The third kappa shape index (κ3) is 3.38. The van der Waals surface area contributed by atoms with Crippen molar-refractivity contribution in [3.05, 3.63) is 34.9 Å². The van der Waals surface area contributed by atoms with Crippen LogP contribution in [0.5, 0.6) is 0 Å². The van der Waals surface area contributed by atoms with Crippen molar-refractivity contribution in [3.8, 4) is 6.07 Å². The molecule has 0 radical (unpaired) electrons. The van der Waals surface area contributed by atoms with Crippen molar-refractivity contribution in [1.29, 1.82) is 5.26 Å². The van der Waals surface area contributed by atoms with Crippen LogP contribution in [-0.2, 0) is 6.54 Å². The van der Waals surface area contributed by atoms with Crippen LogP contribution in [0, 0.1) is 25.2 Å². The van der Waals surface area contributed by atoms with Gasteiger partial charge in [0.25, 0.3) is 0 Å². The smallest absolute Gasteiger partial charge is 0.101 e. The molecule has 2 heteroatoms. The van der Waals surface area contributed by atoms with Gasteiger partial charge in [0.15, 0.2) is 0 Å². The van der Waals surface area contributed by atoms with Crippen LogP contribution in [0.4, 0.5) is 0 Å². The summed E-state index contributed by atoms with van der Waals surface area (Å²) in [6.45, 7) is 8.70. The zero-order chi connectivity index (χ0) is 11.5. The van der Waals surface area contributed by atoms with Gasteiger partial charge in [0, 0.05) is 6.54 Å². The molecule has 1 N–H and O–H groups in total. The molecule has 0 saturated carbocycles. The Kier molecular flexibility index (Phi) is 3.49. The first-order valence-electron chi connectivity index (χ1n) is 5.17. The van der Waals surface area contributed by atoms with Crippen LogP contribution in [0.25, 0.3) is 0 Å². The van der Waals surface area contributed by atoms with E-state index in [1.54, 1.807) is 0 Å². The second-order valence-electron chi connectivity index (χ2n) is 4.52. The molecule has 2 nitrogen and oxygen atoms in total. The number of nitrogens with one attached hydrogen (secondary N) is 1. The summed E-state index contributed by atoms with van der Waals surface area (Å²) >= 11 is 0. The van der Waals surface area contributed by atoms with Crippen molar-refractivity contribution in [2.45, 2.75) is 39.8 Å². The number of hydrogen-bond donors (Lipinski definition) is 1. The molecule has 0 aliphatic rings. The molecule has 15 heavy (non-hydrogen) atoms. The van der Waals surface area contributed by atoms with Gasteiger partial charge in [-0.2, -0.15) is 5.26 Å². The Morgan fingerprint density at radius 3 is 2.53 bits per heavy atom. The summed E-state index contributed by atoms with van der Waals surface area (Å²) < 4.78 is 0. The molecular weight excluding hydrogens is 184 g/mol. The molecular formula is C13H18N2. The lowest BCUT2D eigenvalue weighted by Gasteiger charge is -2.18. The van der Waals surface area contributed by atoms with Crippen LogP contribution in [0.1, 0.15) is 30.5 Å². The molecule has 80 valence electrons. The molecule has 0 aliphatic heterocycles. The van der Waals surface area contributed by atoms with Gasteiger partial charge in [-0.3, -0.25) is 5.32 Å². The lowest BCUT2D eigenvalue weighted by Crippen LogP contribution is -2.37. The molecule has 0 heterocycles. The second kappa shape index (κ2) is 4.46. The summed E-state index contributed by atoms with van der Waals surface area (Å²) in [7, 11) is 0. The van der Waals surface area contributed by atoms with E-state index in [2.05, 4.69) is 43.4 Å². The van der Waals surface area contributed by atoms with Gasteiger partial charge in [-0.25, -0.2) is 0 Å². The van der Waals surface area contributed by atoms with E-state index in [0.29, 0.717) is 0 Å². The number of nitriles is 1. The molecule has 0 saturated heterocycles. The minimum Gasteiger partial charge on any atom is -0.296 e. The molecule has 0 aromatic heterocycles. The molecule has 1 aromatic carbocycles. The molecule has 0 bridgehead atoms. The van der Waals surface area contributed by atoms with Crippen LogP contribution in [0.15, 0.2) is 18.2 Å². The number of rotatable bonds is 3. The quantitative estimate of drug-likeness (QED) is 0.818. The van der Waals surface area contributed by atoms with E-state index in [1.165, 1.54) is 16.7 Å². The Morgan fingerprint density at radius 2 is 2.00 bits per heavy atom. The lowest BCUT2D eigenvalue weighted by atomic mass is 10.0. The summed E-state index contributed by atoms with van der Waals surface area (Å²) in [5.41, 5.74) is 3.34. The van der Waals surface area contributed by atoms with E-state index < -0.39 is 5.54 Å². The number of hydrogen-bond acceptors (Lipinski definition) is 2. The Morgan fingerprint density at radius 1 is 1.33 bits per heavy atom. The summed E-state index contributed by atoms with van der Waals surface area (Å²) in [4.78, 5) is 0. The van der Waals surface area contributed by atoms with Crippen LogP contribution in [0.2, 0.25) is 0 Å². The maximum Gasteiger partial charge on any atom is 0.101 e. The van der Waals surface area contributed by atoms with E-state index >= 15 is 0 Å². The summed E-state index contributed by atoms with van der Waals surface area (Å²) in [6.07, 6.45) is 0. The van der Waals surface area contributed by atoms with Gasteiger partial charge in [0.2, 0.25) is 0 Å². The van der Waals surface area contributed by atoms with Gasteiger partial charge in [-0.15, -0.1) is 0 Å². The highest BCUT2D eigenvalue weighted by Gasteiger charge is 2.15. The standard InChI is InChI=1S/C13H18N2/c1-10-5-6-12(11(2)7-10)8-15-13(3,4)9-14/h5-7,15H,8H2,1-4H3. The van der Waals surface area contributed by atoms with E-state index in [9.17, 15) is 0 Å². The summed E-state index contributed by atoms with van der Waals surface area (Å²) in [6, 6.07) is 8.61. The van der Waals surface area contributed by atoms with Crippen molar-refractivity contribution in [2.24, 2.45) is 0 Å². The highest BCUT2D eigenvalue weighted by molar-refractivity contribution is 5.30. The Labute approximate surface area is 91.9 Å². The average Bonchev–Trinajstić information content (AvgIpc) is 2.16. The Balaban J connectivity index is 2.71. The molecule has 0 amide bonds. The zero-order valence-electron chi connectivity index (χ0n) is 9.89. The molecule has 0 unspecified atom stereocenters. The summed E-state index contributed by atoms with van der Waals surface area (Å²) in [5.74, 6) is 0. The minimum absolute atomic E-state index is 0.461. The Hall–Kier alpha value is -1.33. The van der Waals surface area contributed by atoms with E-state index in [4.69, 9.17) is 5.26 Å². The minimum atomic E-state index is -0.461. The molecule has 0 fully saturated rings. The second-order valence-corrected chi connectivity index (χ2v) is 4.52. The number of benzene rings is 1. The first-order valence-corrected chi connectivity index (χ1v) is 5.17. The van der Waals surface area contributed by atoms with Crippen molar-refractivity contribution >= 4 is 0 Å².